The number of unbranched alkanes of at least 4 members (excludes halogenated alkanes) is 1. The average molecular weight is 306 g/mol. The van der Waals surface area contributed by atoms with Crippen LogP contribution in [0.25, 0.3) is 0 Å². The Hall–Kier alpha value is -0.0400. The molecule has 22 heavy (non-hydrogen) atoms. The predicted octanol–water partition coefficient (Wildman–Crippen LogP) is 5.64. The van der Waals surface area contributed by atoms with Crippen LogP contribution in [0.4, 0.5) is 0 Å². The second kappa shape index (κ2) is 6.83. The van der Waals surface area contributed by atoms with E-state index in [0.717, 1.165) is 35.6 Å². The topological polar surface area (TPSA) is 12.0 Å². The SMILES string of the molecule is CC1CCCC(NCCCC[C@@H]2CC[C@H]3CC2C3(C)C)C1C. The van der Waals surface area contributed by atoms with Crippen molar-refractivity contribution in [2.45, 2.75) is 91.5 Å². The normalized spacial score (nSPS) is 43.6. The largest absolute Gasteiger partial charge is 0.314 e. The average Bonchev–Trinajstić information content (AvgIpc) is 2.51. The fraction of sp³-hybridized carbons (Fsp3) is 1.00. The summed E-state index contributed by atoms with van der Waals surface area (Å²) in [7, 11) is 0. The molecule has 0 aromatic heterocycles. The standard InChI is InChI=1S/C21H39N/c1-15-8-7-10-20(16(15)2)22-13-6-5-9-17-11-12-18-14-19(17)21(18,3)4/h15-20,22H,5-14H2,1-4H3/t15?,16?,17-,18+,19?,20?/m1/s1. The molecule has 2 bridgehead atoms. The molecule has 0 spiro atoms. The highest BCUT2D eigenvalue weighted by Crippen LogP contribution is 2.62. The first-order chi connectivity index (χ1) is 10.5. The second-order valence-corrected chi connectivity index (χ2v) is 9.52. The molecule has 0 aromatic carbocycles. The van der Waals surface area contributed by atoms with E-state index in [-0.39, 0.29) is 0 Å². The molecule has 0 heterocycles. The number of fused-ring (bicyclic) bond motifs is 2. The lowest BCUT2D eigenvalue weighted by Crippen LogP contribution is -2.52. The maximum atomic E-state index is 3.88. The molecule has 0 aromatic rings. The zero-order valence-electron chi connectivity index (χ0n) is 15.5. The summed E-state index contributed by atoms with van der Waals surface area (Å²) in [5, 5.41) is 3.88. The van der Waals surface area contributed by atoms with Gasteiger partial charge >= 0.3 is 0 Å². The highest BCUT2D eigenvalue weighted by Gasteiger charge is 2.53. The van der Waals surface area contributed by atoms with Gasteiger partial charge < -0.3 is 5.32 Å². The Kier molecular flexibility index (Phi) is 5.22. The minimum atomic E-state index is 0.675. The van der Waals surface area contributed by atoms with Crippen molar-refractivity contribution in [2.24, 2.45) is 35.0 Å². The summed E-state index contributed by atoms with van der Waals surface area (Å²) in [6.07, 6.45) is 13.2. The van der Waals surface area contributed by atoms with Crippen molar-refractivity contribution < 1.29 is 0 Å². The molecule has 0 radical (unpaired) electrons. The Morgan fingerprint density at radius 2 is 1.82 bits per heavy atom. The van der Waals surface area contributed by atoms with Crippen molar-refractivity contribution in [3.05, 3.63) is 0 Å². The van der Waals surface area contributed by atoms with Crippen LogP contribution >= 0.6 is 0 Å². The lowest BCUT2D eigenvalue weighted by Gasteiger charge is -2.60. The third kappa shape index (κ3) is 3.25. The second-order valence-electron chi connectivity index (χ2n) is 9.52. The van der Waals surface area contributed by atoms with Crippen LogP contribution in [0.3, 0.4) is 0 Å². The number of nitrogens with one attached hydrogen (secondary N) is 1. The molecule has 6 atom stereocenters. The third-order valence-electron chi connectivity index (χ3n) is 8.12. The van der Waals surface area contributed by atoms with E-state index in [1.54, 1.807) is 6.42 Å². The van der Waals surface area contributed by atoms with Crippen molar-refractivity contribution in [3.8, 4) is 0 Å². The van der Waals surface area contributed by atoms with Gasteiger partial charge in [-0.05, 0) is 73.7 Å². The van der Waals surface area contributed by atoms with Gasteiger partial charge in [-0.2, -0.15) is 0 Å². The van der Waals surface area contributed by atoms with Gasteiger partial charge in [0.05, 0.1) is 0 Å². The fourth-order valence-corrected chi connectivity index (χ4v) is 6.00. The van der Waals surface area contributed by atoms with Crippen LogP contribution < -0.4 is 5.32 Å². The number of hydrogen-bond donors (Lipinski definition) is 1. The highest BCUT2D eigenvalue weighted by molar-refractivity contribution is 5.03. The van der Waals surface area contributed by atoms with Gasteiger partial charge in [-0.25, -0.2) is 0 Å². The molecule has 128 valence electrons. The summed E-state index contributed by atoms with van der Waals surface area (Å²) in [6, 6.07) is 0.796. The molecule has 1 heteroatoms. The molecule has 0 aliphatic heterocycles. The van der Waals surface area contributed by atoms with Crippen LogP contribution in [0, 0.1) is 35.0 Å². The summed E-state index contributed by atoms with van der Waals surface area (Å²) in [5.41, 5.74) is 0.675. The summed E-state index contributed by atoms with van der Waals surface area (Å²) in [5.74, 6) is 4.96. The molecule has 1 N–H and O–H groups in total. The Bertz CT molecular complexity index is 359. The molecule has 4 aliphatic carbocycles. The first kappa shape index (κ1) is 16.8. The minimum Gasteiger partial charge on any atom is -0.314 e. The molecular weight excluding hydrogens is 266 g/mol. The van der Waals surface area contributed by atoms with Crippen molar-refractivity contribution in [1.29, 1.82) is 0 Å². The Balaban J connectivity index is 1.31. The molecule has 0 saturated heterocycles. The van der Waals surface area contributed by atoms with Crippen molar-refractivity contribution in [2.75, 3.05) is 6.54 Å². The van der Waals surface area contributed by atoms with Gasteiger partial charge in [0, 0.05) is 6.04 Å². The first-order valence-corrected chi connectivity index (χ1v) is 10.2. The minimum absolute atomic E-state index is 0.675. The smallest absolute Gasteiger partial charge is 0.00952 e. The number of hydrogen-bond acceptors (Lipinski definition) is 1. The van der Waals surface area contributed by atoms with Crippen LogP contribution in [0.15, 0.2) is 0 Å². The summed E-state index contributed by atoms with van der Waals surface area (Å²) in [4.78, 5) is 0. The van der Waals surface area contributed by atoms with E-state index < -0.39 is 0 Å². The number of rotatable bonds is 6. The third-order valence-corrected chi connectivity index (χ3v) is 8.12. The van der Waals surface area contributed by atoms with Crippen molar-refractivity contribution >= 4 is 0 Å². The van der Waals surface area contributed by atoms with Crippen molar-refractivity contribution in [3.63, 3.8) is 0 Å². The van der Waals surface area contributed by atoms with Crippen LogP contribution in [0.1, 0.15) is 85.5 Å². The Morgan fingerprint density at radius 3 is 2.55 bits per heavy atom. The molecule has 4 fully saturated rings. The van der Waals surface area contributed by atoms with Crippen LogP contribution in [-0.4, -0.2) is 12.6 Å². The zero-order chi connectivity index (χ0) is 15.7. The molecule has 1 nitrogen and oxygen atoms in total. The molecule has 4 saturated carbocycles. The van der Waals surface area contributed by atoms with Gasteiger partial charge in [-0.15, -0.1) is 0 Å². The van der Waals surface area contributed by atoms with Gasteiger partial charge in [0.15, 0.2) is 0 Å². The maximum absolute atomic E-state index is 3.88. The first-order valence-electron chi connectivity index (χ1n) is 10.2. The zero-order valence-corrected chi connectivity index (χ0v) is 15.5. The molecule has 0 amide bonds. The predicted molar refractivity (Wildman–Crippen MR) is 95.9 cm³/mol. The summed E-state index contributed by atoms with van der Waals surface area (Å²) in [6.45, 7) is 11.2. The lowest BCUT2D eigenvalue weighted by molar-refractivity contribution is -0.107. The van der Waals surface area contributed by atoms with Crippen LogP contribution in [0.5, 0.6) is 0 Å². The van der Waals surface area contributed by atoms with E-state index in [0.29, 0.717) is 5.41 Å². The van der Waals surface area contributed by atoms with E-state index >= 15 is 0 Å². The quantitative estimate of drug-likeness (QED) is 0.626. The molecular formula is C21H39N. The summed E-state index contributed by atoms with van der Waals surface area (Å²) < 4.78 is 0. The lowest BCUT2D eigenvalue weighted by atomic mass is 9.45. The van der Waals surface area contributed by atoms with E-state index in [1.807, 2.05) is 0 Å². The van der Waals surface area contributed by atoms with Crippen LogP contribution in [0.2, 0.25) is 0 Å². The maximum Gasteiger partial charge on any atom is 0.00952 e. The van der Waals surface area contributed by atoms with Gasteiger partial charge in [0.25, 0.3) is 0 Å². The van der Waals surface area contributed by atoms with Crippen LogP contribution in [-0.2, 0) is 0 Å². The van der Waals surface area contributed by atoms with Gasteiger partial charge in [-0.3, -0.25) is 0 Å². The van der Waals surface area contributed by atoms with Gasteiger partial charge in [0.1, 0.15) is 0 Å². The van der Waals surface area contributed by atoms with E-state index in [4.69, 9.17) is 0 Å². The van der Waals surface area contributed by atoms with Crippen molar-refractivity contribution in [1.82, 2.24) is 5.32 Å². The van der Waals surface area contributed by atoms with Gasteiger partial charge in [-0.1, -0.05) is 53.4 Å². The molecule has 4 unspecified atom stereocenters. The van der Waals surface area contributed by atoms with E-state index in [9.17, 15) is 0 Å². The Labute approximate surface area is 139 Å². The molecule has 4 aliphatic rings. The van der Waals surface area contributed by atoms with Gasteiger partial charge in [0.2, 0.25) is 0 Å². The van der Waals surface area contributed by atoms with E-state index in [2.05, 4.69) is 33.0 Å². The monoisotopic (exact) mass is 305 g/mol. The Morgan fingerprint density at radius 1 is 1.00 bits per heavy atom. The molecule has 4 rings (SSSR count). The van der Waals surface area contributed by atoms with E-state index in [1.165, 1.54) is 57.9 Å². The highest BCUT2D eigenvalue weighted by atomic mass is 14.9. The summed E-state index contributed by atoms with van der Waals surface area (Å²) >= 11 is 0. The fourth-order valence-electron chi connectivity index (χ4n) is 6.00.